The van der Waals surface area contributed by atoms with E-state index >= 15 is 0 Å². The van der Waals surface area contributed by atoms with Crippen LogP contribution in [0.1, 0.15) is 53.7 Å². The molecule has 2 aliphatic rings. The highest BCUT2D eigenvalue weighted by Crippen LogP contribution is 2.45. The molecule has 0 saturated heterocycles. The molecule has 1 fully saturated rings. The summed E-state index contributed by atoms with van der Waals surface area (Å²) in [6, 6.07) is 7.80. The number of thiazole rings is 1. The Morgan fingerprint density at radius 3 is 2.60 bits per heavy atom. The van der Waals surface area contributed by atoms with Crippen LogP contribution < -0.4 is 0 Å². The molecule has 0 unspecified atom stereocenters. The Labute approximate surface area is 156 Å². The number of aryl methyl sites for hydroxylation is 2. The van der Waals surface area contributed by atoms with Crippen LogP contribution in [0, 0.1) is 0 Å². The van der Waals surface area contributed by atoms with Gasteiger partial charge in [0.05, 0.1) is 16.3 Å². The van der Waals surface area contributed by atoms with Crippen LogP contribution in [0.3, 0.4) is 0 Å². The molecule has 3 aromatic rings. The number of nitrogens with zero attached hydrogens (tertiary/aromatic N) is 2. The number of aromatic nitrogens is 2. The Balaban J connectivity index is 1.58. The summed E-state index contributed by atoms with van der Waals surface area (Å²) in [5.74, 6) is 1.62. The maximum Gasteiger partial charge on any atom is 0.147 e. The van der Waals surface area contributed by atoms with Crippen LogP contribution >= 0.6 is 22.9 Å². The van der Waals surface area contributed by atoms with E-state index in [0.29, 0.717) is 5.92 Å². The molecule has 5 heteroatoms. The fraction of sp³-hybridized carbons (Fsp3) is 0.400. The molecule has 0 amide bonds. The van der Waals surface area contributed by atoms with Crippen LogP contribution in [-0.2, 0) is 12.8 Å². The number of benzene rings is 1. The van der Waals surface area contributed by atoms with Gasteiger partial charge in [0.2, 0.25) is 0 Å². The molecule has 0 N–H and O–H groups in total. The molecular weight excluding hydrogens is 352 g/mol. The largest absolute Gasteiger partial charge is 0.360 e. The topological polar surface area (TPSA) is 38.9 Å². The fourth-order valence-corrected chi connectivity index (χ4v) is 5.40. The van der Waals surface area contributed by atoms with E-state index in [1.165, 1.54) is 42.0 Å². The molecule has 0 aliphatic heterocycles. The Hall–Kier alpha value is -1.65. The summed E-state index contributed by atoms with van der Waals surface area (Å²) >= 11 is 7.95. The molecule has 0 spiro atoms. The average molecular weight is 371 g/mol. The van der Waals surface area contributed by atoms with Crippen molar-refractivity contribution in [2.24, 2.45) is 0 Å². The Morgan fingerprint density at radius 1 is 1.00 bits per heavy atom. The molecule has 1 saturated carbocycles. The molecule has 0 radical (unpaired) electrons. The zero-order valence-corrected chi connectivity index (χ0v) is 15.5. The van der Waals surface area contributed by atoms with Crippen molar-refractivity contribution in [3.05, 3.63) is 44.9 Å². The Morgan fingerprint density at radius 2 is 1.80 bits per heavy atom. The third kappa shape index (κ3) is 2.72. The van der Waals surface area contributed by atoms with Gasteiger partial charge < -0.3 is 4.52 Å². The highest BCUT2D eigenvalue weighted by Gasteiger charge is 2.30. The summed E-state index contributed by atoms with van der Waals surface area (Å²) in [6.07, 6.45) is 8.54. The van der Waals surface area contributed by atoms with Crippen LogP contribution in [0.4, 0.5) is 0 Å². The van der Waals surface area contributed by atoms with E-state index in [0.717, 1.165) is 46.1 Å². The predicted octanol–water partition coefficient (Wildman–Crippen LogP) is 6.26. The van der Waals surface area contributed by atoms with Gasteiger partial charge in [0.25, 0.3) is 0 Å². The van der Waals surface area contributed by atoms with Gasteiger partial charge in [-0.2, -0.15) is 0 Å². The molecule has 3 nitrogen and oxygen atoms in total. The first kappa shape index (κ1) is 15.6. The normalized spacial score (nSPS) is 17.3. The molecule has 2 aromatic heterocycles. The molecular formula is C20H19ClN2OS. The smallest absolute Gasteiger partial charge is 0.147 e. The van der Waals surface area contributed by atoms with Gasteiger partial charge in [-0.1, -0.05) is 48.2 Å². The Kier molecular flexibility index (Phi) is 3.90. The lowest BCUT2D eigenvalue weighted by Gasteiger charge is -2.18. The molecule has 2 aliphatic carbocycles. The highest BCUT2D eigenvalue weighted by molar-refractivity contribution is 7.12. The summed E-state index contributed by atoms with van der Waals surface area (Å²) in [4.78, 5) is 6.48. The lowest BCUT2D eigenvalue weighted by Crippen LogP contribution is -2.04. The second-order valence-corrected chi connectivity index (χ2v) is 8.55. The van der Waals surface area contributed by atoms with Crippen molar-refractivity contribution in [2.75, 3.05) is 0 Å². The van der Waals surface area contributed by atoms with E-state index in [-0.39, 0.29) is 0 Å². The molecule has 0 atom stereocenters. The van der Waals surface area contributed by atoms with Crippen molar-refractivity contribution in [3.63, 3.8) is 0 Å². The third-order valence-electron chi connectivity index (χ3n) is 5.36. The van der Waals surface area contributed by atoms with Crippen molar-refractivity contribution in [1.29, 1.82) is 0 Å². The van der Waals surface area contributed by atoms with Crippen molar-refractivity contribution in [3.8, 4) is 22.5 Å². The first-order valence-electron chi connectivity index (χ1n) is 9.04. The molecule has 2 heterocycles. The monoisotopic (exact) mass is 370 g/mol. The van der Waals surface area contributed by atoms with E-state index in [1.807, 2.05) is 35.6 Å². The maximum atomic E-state index is 6.03. The second-order valence-electron chi connectivity index (χ2n) is 7.00. The summed E-state index contributed by atoms with van der Waals surface area (Å²) in [7, 11) is 0. The molecule has 1 aromatic carbocycles. The predicted molar refractivity (Wildman–Crippen MR) is 101 cm³/mol. The van der Waals surface area contributed by atoms with E-state index < -0.39 is 0 Å². The van der Waals surface area contributed by atoms with Crippen molar-refractivity contribution in [2.45, 2.75) is 50.9 Å². The zero-order chi connectivity index (χ0) is 16.8. The quantitative estimate of drug-likeness (QED) is 0.534. The summed E-state index contributed by atoms with van der Waals surface area (Å²) < 4.78 is 5.66. The van der Waals surface area contributed by atoms with Gasteiger partial charge in [-0.25, -0.2) is 4.98 Å². The van der Waals surface area contributed by atoms with Gasteiger partial charge in [0.15, 0.2) is 0 Å². The average Bonchev–Trinajstić information content (AvgIpc) is 3.27. The fourth-order valence-electron chi connectivity index (χ4n) is 4.03. The number of rotatable bonds is 2. The SMILES string of the molecule is Clc1ccc(-c2noc3c2-c2nc(C4CCCCC4)sc2CC3)cc1. The van der Waals surface area contributed by atoms with E-state index in [4.69, 9.17) is 21.1 Å². The van der Waals surface area contributed by atoms with Gasteiger partial charge >= 0.3 is 0 Å². The van der Waals surface area contributed by atoms with E-state index in [2.05, 4.69) is 5.16 Å². The molecule has 25 heavy (non-hydrogen) atoms. The van der Waals surface area contributed by atoms with Gasteiger partial charge in [-0.15, -0.1) is 11.3 Å². The zero-order valence-electron chi connectivity index (χ0n) is 13.9. The lowest BCUT2D eigenvalue weighted by atomic mass is 9.90. The summed E-state index contributed by atoms with van der Waals surface area (Å²) in [5, 5.41) is 6.42. The van der Waals surface area contributed by atoms with Crippen LogP contribution in [-0.4, -0.2) is 10.1 Å². The third-order valence-corrected chi connectivity index (χ3v) is 6.89. The van der Waals surface area contributed by atoms with Crippen LogP contribution in [0.15, 0.2) is 28.8 Å². The number of hydrogen-bond donors (Lipinski definition) is 0. The number of hydrogen-bond acceptors (Lipinski definition) is 4. The summed E-state index contributed by atoms with van der Waals surface area (Å²) in [6.45, 7) is 0. The van der Waals surface area contributed by atoms with Crippen molar-refractivity contribution in [1.82, 2.24) is 10.1 Å². The molecule has 5 rings (SSSR count). The van der Waals surface area contributed by atoms with Crippen LogP contribution in [0.5, 0.6) is 0 Å². The van der Waals surface area contributed by atoms with Crippen LogP contribution in [0.2, 0.25) is 5.02 Å². The number of fused-ring (bicyclic) bond motifs is 3. The Bertz CT molecular complexity index is 906. The van der Waals surface area contributed by atoms with E-state index in [9.17, 15) is 0 Å². The first-order valence-corrected chi connectivity index (χ1v) is 10.2. The van der Waals surface area contributed by atoms with Gasteiger partial charge in [-0.05, 0) is 31.4 Å². The standard InChI is InChI=1S/C20H19ClN2OS/c21-14-8-6-12(7-9-14)18-17-15(24-23-18)10-11-16-19(17)22-20(25-16)13-4-2-1-3-5-13/h6-9,13H,1-5,10-11H2. The maximum absolute atomic E-state index is 6.03. The minimum absolute atomic E-state index is 0.645. The first-order chi connectivity index (χ1) is 12.3. The molecule has 0 bridgehead atoms. The second kappa shape index (κ2) is 6.26. The van der Waals surface area contributed by atoms with E-state index in [1.54, 1.807) is 0 Å². The molecule has 128 valence electrons. The summed E-state index contributed by atoms with van der Waals surface area (Å²) in [5.41, 5.74) is 4.14. The van der Waals surface area contributed by atoms with Crippen molar-refractivity contribution < 1.29 is 4.52 Å². The minimum atomic E-state index is 0.645. The highest BCUT2D eigenvalue weighted by atomic mass is 35.5. The van der Waals surface area contributed by atoms with Gasteiger partial charge in [0, 0.05) is 27.8 Å². The number of halogens is 1. The van der Waals surface area contributed by atoms with Crippen molar-refractivity contribution >= 4 is 22.9 Å². The lowest BCUT2D eigenvalue weighted by molar-refractivity contribution is 0.385. The van der Waals surface area contributed by atoms with Gasteiger partial charge in [-0.3, -0.25) is 0 Å². The van der Waals surface area contributed by atoms with Gasteiger partial charge in [0.1, 0.15) is 11.5 Å². The van der Waals surface area contributed by atoms with Crippen LogP contribution in [0.25, 0.3) is 22.5 Å². The minimum Gasteiger partial charge on any atom is -0.360 e.